The SMILES string of the molecule is c1ccc2nc3ccc(-c4cccc5ccccc45)c(-c4cccc5ccccc45)c3cc2c1. The van der Waals surface area contributed by atoms with Crippen LogP contribution in [0.2, 0.25) is 0 Å². The Morgan fingerprint density at radius 1 is 0.353 bits per heavy atom. The predicted molar refractivity (Wildman–Crippen MR) is 145 cm³/mol. The molecule has 0 bridgehead atoms. The van der Waals surface area contributed by atoms with E-state index >= 15 is 0 Å². The van der Waals surface area contributed by atoms with Crippen LogP contribution >= 0.6 is 0 Å². The van der Waals surface area contributed by atoms with Gasteiger partial charge in [-0.05, 0) is 62.0 Å². The van der Waals surface area contributed by atoms with Crippen LogP contribution in [0.4, 0.5) is 0 Å². The molecule has 0 aliphatic rings. The van der Waals surface area contributed by atoms with Gasteiger partial charge in [0.25, 0.3) is 0 Å². The first-order chi connectivity index (χ1) is 16.9. The van der Waals surface area contributed by atoms with Crippen molar-refractivity contribution in [2.45, 2.75) is 0 Å². The lowest BCUT2D eigenvalue weighted by molar-refractivity contribution is 1.49. The van der Waals surface area contributed by atoms with Crippen LogP contribution in [0.3, 0.4) is 0 Å². The van der Waals surface area contributed by atoms with Gasteiger partial charge in [-0.3, -0.25) is 0 Å². The lowest BCUT2D eigenvalue weighted by atomic mass is 9.86. The van der Waals surface area contributed by atoms with Crippen LogP contribution in [0.5, 0.6) is 0 Å². The van der Waals surface area contributed by atoms with Crippen molar-refractivity contribution in [3.05, 3.63) is 127 Å². The van der Waals surface area contributed by atoms with E-state index in [4.69, 9.17) is 4.98 Å². The van der Waals surface area contributed by atoms with Gasteiger partial charge in [0.2, 0.25) is 0 Å². The van der Waals surface area contributed by atoms with Gasteiger partial charge in [-0.2, -0.15) is 0 Å². The van der Waals surface area contributed by atoms with Crippen molar-refractivity contribution < 1.29 is 0 Å². The molecule has 0 N–H and O–H groups in total. The predicted octanol–water partition coefficient (Wildman–Crippen LogP) is 9.03. The van der Waals surface area contributed by atoms with E-state index in [1.165, 1.54) is 49.2 Å². The second-order valence-electron chi connectivity index (χ2n) is 8.79. The summed E-state index contributed by atoms with van der Waals surface area (Å²) in [6.45, 7) is 0. The Balaban J connectivity index is 1.68. The highest BCUT2D eigenvalue weighted by Crippen LogP contribution is 2.43. The van der Waals surface area contributed by atoms with Crippen molar-refractivity contribution in [2.75, 3.05) is 0 Å². The van der Waals surface area contributed by atoms with Crippen LogP contribution in [0.25, 0.3) is 65.6 Å². The van der Waals surface area contributed by atoms with E-state index in [0.717, 1.165) is 16.4 Å². The molecule has 0 fully saturated rings. The van der Waals surface area contributed by atoms with Crippen molar-refractivity contribution in [3.63, 3.8) is 0 Å². The number of hydrogen-bond acceptors (Lipinski definition) is 1. The molecule has 0 amide bonds. The molecule has 0 spiro atoms. The van der Waals surface area contributed by atoms with Crippen molar-refractivity contribution >= 4 is 43.4 Å². The summed E-state index contributed by atoms with van der Waals surface area (Å²) in [7, 11) is 0. The van der Waals surface area contributed by atoms with Gasteiger partial charge in [-0.1, -0.05) is 109 Å². The molecule has 7 aromatic rings. The highest BCUT2D eigenvalue weighted by Gasteiger charge is 2.17. The molecule has 0 aliphatic heterocycles. The Hall–Kier alpha value is -4.49. The third-order valence-corrected chi connectivity index (χ3v) is 6.84. The zero-order valence-corrected chi connectivity index (χ0v) is 18.6. The first-order valence-corrected chi connectivity index (χ1v) is 11.7. The molecule has 0 unspecified atom stereocenters. The maximum atomic E-state index is 5.04. The molecule has 1 heterocycles. The molecule has 158 valence electrons. The molecular weight excluding hydrogens is 410 g/mol. The molecule has 0 aliphatic carbocycles. The smallest absolute Gasteiger partial charge is 0.0716 e. The normalized spacial score (nSPS) is 11.5. The monoisotopic (exact) mass is 431 g/mol. The van der Waals surface area contributed by atoms with Gasteiger partial charge in [0, 0.05) is 10.8 Å². The second-order valence-corrected chi connectivity index (χ2v) is 8.79. The molecule has 0 saturated heterocycles. The van der Waals surface area contributed by atoms with E-state index in [-0.39, 0.29) is 0 Å². The number of para-hydroxylation sites is 1. The fourth-order valence-corrected chi connectivity index (χ4v) is 5.27. The van der Waals surface area contributed by atoms with Gasteiger partial charge in [-0.15, -0.1) is 0 Å². The summed E-state index contributed by atoms with van der Waals surface area (Å²) < 4.78 is 0. The van der Waals surface area contributed by atoms with Crippen LogP contribution in [0.15, 0.2) is 127 Å². The van der Waals surface area contributed by atoms with Crippen molar-refractivity contribution in [1.29, 1.82) is 0 Å². The molecule has 0 atom stereocenters. The summed E-state index contributed by atoms with van der Waals surface area (Å²) in [5.74, 6) is 0. The van der Waals surface area contributed by atoms with Crippen LogP contribution in [-0.2, 0) is 0 Å². The van der Waals surface area contributed by atoms with Crippen molar-refractivity contribution in [1.82, 2.24) is 4.98 Å². The lowest BCUT2D eigenvalue weighted by Crippen LogP contribution is -1.92. The summed E-state index contributed by atoms with van der Waals surface area (Å²) in [6, 6.07) is 45.6. The Morgan fingerprint density at radius 2 is 0.941 bits per heavy atom. The van der Waals surface area contributed by atoms with Crippen LogP contribution in [0.1, 0.15) is 0 Å². The Labute approximate surface area is 197 Å². The lowest BCUT2D eigenvalue weighted by Gasteiger charge is -2.17. The number of pyridine rings is 1. The van der Waals surface area contributed by atoms with E-state index in [1.807, 2.05) is 0 Å². The fourth-order valence-electron chi connectivity index (χ4n) is 5.27. The van der Waals surface area contributed by atoms with Gasteiger partial charge in [0.1, 0.15) is 0 Å². The zero-order chi connectivity index (χ0) is 22.5. The van der Waals surface area contributed by atoms with E-state index in [2.05, 4.69) is 127 Å². The van der Waals surface area contributed by atoms with E-state index in [9.17, 15) is 0 Å². The number of aromatic nitrogens is 1. The van der Waals surface area contributed by atoms with E-state index < -0.39 is 0 Å². The Kier molecular flexibility index (Phi) is 4.22. The van der Waals surface area contributed by atoms with Crippen molar-refractivity contribution in [3.8, 4) is 22.3 Å². The third kappa shape index (κ3) is 2.91. The minimum Gasteiger partial charge on any atom is -0.248 e. The largest absolute Gasteiger partial charge is 0.248 e. The molecular formula is C33H21N. The summed E-state index contributed by atoms with van der Waals surface area (Å²) in [5.41, 5.74) is 7.00. The maximum Gasteiger partial charge on any atom is 0.0716 e. The number of fused-ring (bicyclic) bond motifs is 4. The standard InChI is InChI=1S/C33H21N/c1-4-14-25-22(9-1)12-7-16-27(25)29-19-20-32-30(21-24-11-3-6-18-31(24)34-32)33(29)28-17-8-13-23-10-2-5-15-26(23)28/h1-21H. The first kappa shape index (κ1) is 19.0. The van der Waals surface area contributed by atoms with Crippen molar-refractivity contribution in [2.24, 2.45) is 0 Å². The fraction of sp³-hybridized carbons (Fsp3) is 0. The average molecular weight is 432 g/mol. The van der Waals surface area contributed by atoms with Gasteiger partial charge in [0.05, 0.1) is 11.0 Å². The average Bonchev–Trinajstić information content (AvgIpc) is 2.91. The number of nitrogens with zero attached hydrogens (tertiary/aromatic N) is 1. The van der Waals surface area contributed by atoms with Gasteiger partial charge in [-0.25, -0.2) is 4.98 Å². The maximum absolute atomic E-state index is 5.04. The molecule has 7 rings (SSSR count). The molecule has 1 heteroatoms. The zero-order valence-electron chi connectivity index (χ0n) is 18.6. The Morgan fingerprint density at radius 3 is 1.71 bits per heavy atom. The third-order valence-electron chi connectivity index (χ3n) is 6.84. The van der Waals surface area contributed by atoms with Gasteiger partial charge in [0.15, 0.2) is 0 Å². The number of hydrogen-bond donors (Lipinski definition) is 0. The van der Waals surface area contributed by atoms with E-state index in [1.54, 1.807) is 0 Å². The summed E-state index contributed by atoms with van der Waals surface area (Å²) in [4.78, 5) is 5.04. The summed E-state index contributed by atoms with van der Waals surface area (Å²) in [5, 5.41) is 7.36. The second kappa shape index (κ2) is 7.54. The number of benzene rings is 6. The molecule has 0 radical (unpaired) electrons. The van der Waals surface area contributed by atoms with Crippen LogP contribution < -0.4 is 0 Å². The first-order valence-electron chi connectivity index (χ1n) is 11.7. The topological polar surface area (TPSA) is 12.9 Å². The number of rotatable bonds is 2. The minimum absolute atomic E-state index is 1.02. The Bertz CT molecular complexity index is 1850. The summed E-state index contributed by atoms with van der Waals surface area (Å²) in [6.07, 6.45) is 0. The molecule has 1 aromatic heterocycles. The highest BCUT2D eigenvalue weighted by molar-refractivity contribution is 6.14. The van der Waals surface area contributed by atoms with Gasteiger partial charge < -0.3 is 0 Å². The quantitative estimate of drug-likeness (QED) is 0.249. The molecule has 6 aromatic carbocycles. The molecule has 1 nitrogen and oxygen atoms in total. The highest BCUT2D eigenvalue weighted by atomic mass is 14.7. The minimum atomic E-state index is 1.02. The molecule has 0 saturated carbocycles. The summed E-state index contributed by atoms with van der Waals surface area (Å²) >= 11 is 0. The van der Waals surface area contributed by atoms with E-state index in [0.29, 0.717) is 0 Å². The van der Waals surface area contributed by atoms with Crippen LogP contribution in [-0.4, -0.2) is 4.98 Å². The van der Waals surface area contributed by atoms with Crippen LogP contribution in [0, 0.1) is 0 Å². The van der Waals surface area contributed by atoms with Gasteiger partial charge >= 0.3 is 0 Å². The molecule has 34 heavy (non-hydrogen) atoms.